The van der Waals surface area contributed by atoms with Crippen LogP contribution in [0.1, 0.15) is 19.3 Å². The number of rotatable bonds is 4. The zero-order chi connectivity index (χ0) is 10.6. The predicted molar refractivity (Wildman–Crippen MR) is 55.1 cm³/mol. The summed E-state index contributed by atoms with van der Waals surface area (Å²) in [6.45, 7) is 1.42. The smallest absolute Gasteiger partial charge is 0.211 e. The molecule has 14 heavy (non-hydrogen) atoms. The van der Waals surface area contributed by atoms with Crippen LogP contribution in [0.15, 0.2) is 0 Å². The van der Waals surface area contributed by atoms with E-state index in [1.165, 1.54) is 10.6 Å². The molecule has 1 aliphatic rings. The third-order valence-electron chi connectivity index (χ3n) is 2.60. The average molecular weight is 220 g/mol. The van der Waals surface area contributed by atoms with Crippen molar-refractivity contribution < 1.29 is 13.5 Å². The van der Waals surface area contributed by atoms with Crippen molar-refractivity contribution in [2.75, 3.05) is 26.0 Å². The highest BCUT2D eigenvalue weighted by Crippen LogP contribution is 2.22. The highest BCUT2D eigenvalue weighted by Gasteiger charge is 2.24. The molecule has 0 aromatic carbocycles. The largest absolute Gasteiger partial charge is 0.396 e. The van der Waals surface area contributed by atoms with Crippen molar-refractivity contribution in [2.24, 2.45) is 5.92 Å². The van der Waals surface area contributed by atoms with Crippen molar-refractivity contribution in [1.82, 2.24) is 4.31 Å². The van der Waals surface area contributed by atoms with Gasteiger partial charge in [0.25, 0.3) is 0 Å². The van der Waals surface area contributed by atoms with Crippen LogP contribution in [-0.2, 0) is 10.0 Å². The van der Waals surface area contributed by atoms with E-state index in [0.717, 1.165) is 12.8 Å². The fourth-order valence-corrected chi connectivity index (χ4v) is 2.63. The Hall–Kier alpha value is -0.130. The Morgan fingerprint density at radius 1 is 1.43 bits per heavy atom. The first-order valence-corrected chi connectivity index (χ1v) is 6.78. The summed E-state index contributed by atoms with van der Waals surface area (Å²) < 4.78 is 23.9. The van der Waals surface area contributed by atoms with Crippen LogP contribution in [0.5, 0.6) is 0 Å². The van der Waals surface area contributed by atoms with Gasteiger partial charge in [-0.25, -0.2) is 12.7 Å². The summed E-state index contributed by atoms with van der Waals surface area (Å²) in [5.41, 5.74) is 0. The number of aliphatic hydroxyl groups is 1. The summed E-state index contributed by atoms with van der Waals surface area (Å²) in [4.78, 5) is 0. The van der Waals surface area contributed by atoms with Crippen LogP contribution in [0, 0.1) is 12.3 Å². The molecule has 0 aromatic rings. The second-order valence-corrected chi connectivity index (χ2v) is 5.73. The minimum absolute atomic E-state index is 0.187. The van der Waals surface area contributed by atoms with E-state index in [-0.39, 0.29) is 6.61 Å². The predicted octanol–water partition coefficient (Wildman–Crippen LogP) is 0.245. The lowest BCUT2D eigenvalue weighted by atomic mass is 9.93. The third kappa shape index (κ3) is 3.55. The normalized spacial score (nSPS) is 21.3. The second-order valence-electron chi connectivity index (χ2n) is 3.75. The maximum Gasteiger partial charge on any atom is 0.211 e. The van der Waals surface area contributed by atoms with E-state index in [0.29, 0.717) is 25.4 Å². The van der Waals surface area contributed by atoms with Gasteiger partial charge in [-0.2, -0.15) is 0 Å². The molecule has 5 heteroatoms. The molecule has 0 aromatic heterocycles. The molecule has 0 bridgehead atoms. The van der Waals surface area contributed by atoms with Gasteiger partial charge in [-0.05, 0) is 31.6 Å². The zero-order valence-electron chi connectivity index (χ0n) is 8.52. The average Bonchev–Trinajstić information content (AvgIpc) is 2.14. The lowest BCUT2D eigenvalue weighted by Gasteiger charge is -2.29. The van der Waals surface area contributed by atoms with E-state index in [2.05, 4.69) is 6.42 Å². The van der Waals surface area contributed by atoms with Gasteiger partial charge in [0.05, 0.1) is 6.26 Å². The summed E-state index contributed by atoms with van der Waals surface area (Å²) in [6, 6.07) is 0. The molecular weight excluding hydrogens is 202 g/mol. The van der Waals surface area contributed by atoms with Crippen molar-refractivity contribution in [3.05, 3.63) is 6.42 Å². The van der Waals surface area contributed by atoms with Crippen molar-refractivity contribution in [3.63, 3.8) is 0 Å². The van der Waals surface area contributed by atoms with Gasteiger partial charge < -0.3 is 5.11 Å². The zero-order valence-corrected chi connectivity index (χ0v) is 9.33. The van der Waals surface area contributed by atoms with Gasteiger partial charge in [0.2, 0.25) is 10.0 Å². The topological polar surface area (TPSA) is 57.6 Å². The molecule has 1 saturated heterocycles. The van der Waals surface area contributed by atoms with Gasteiger partial charge in [-0.3, -0.25) is 0 Å². The standard InChI is InChI=1S/C9H18NO3S/c1-14(12,13)10-6-4-9(5-7-10)3-2-8-11/h3,9,11H,2,4-8H2,1H3. The van der Waals surface area contributed by atoms with E-state index in [1.54, 1.807) is 0 Å². The first kappa shape index (κ1) is 11.9. The highest BCUT2D eigenvalue weighted by molar-refractivity contribution is 7.88. The van der Waals surface area contributed by atoms with Gasteiger partial charge >= 0.3 is 0 Å². The summed E-state index contributed by atoms with van der Waals surface area (Å²) in [5, 5.41) is 8.64. The Balaban J connectivity index is 2.31. The van der Waals surface area contributed by atoms with Gasteiger partial charge in [0.15, 0.2) is 0 Å². The molecule has 1 radical (unpaired) electrons. The van der Waals surface area contributed by atoms with Crippen LogP contribution in [0.3, 0.4) is 0 Å². The number of hydrogen-bond acceptors (Lipinski definition) is 3. The molecule has 1 fully saturated rings. The van der Waals surface area contributed by atoms with Crippen molar-refractivity contribution >= 4 is 10.0 Å². The molecule has 0 saturated carbocycles. The Morgan fingerprint density at radius 2 is 2.00 bits per heavy atom. The quantitative estimate of drug-likeness (QED) is 0.738. The van der Waals surface area contributed by atoms with Crippen LogP contribution in [0.25, 0.3) is 0 Å². The Kier molecular flexibility index (Phi) is 4.34. The SMILES string of the molecule is CS(=O)(=O)N1CCC([CH]CCO)CC1. The number of aliphatic hydroxyl groups excluding tert-OH is 1. The fourth-order valence-electron chi connectivity index (χ4n) is 1.75. The van der Waals surface area contributed by atoms with E-state index in [9.17, 15) is 8.42 Å². The minimum Gasteiger partial charge on any atom is -0.396 e. The van der Waals surface area contributed by atoms with Crippen LogP contribution >= 0.6 is 0 Å². The van der Waals surface area contributed by atoms with Crippen molar-refractivity contribution in [1.29, 1.82) is 0 Å². The molecule has 1 rings (SSSR count). The molecule has 1 N–H and O–H groups in total. The molecule has 0 unspecified atom stereocenters. The monoisotopic (exact) mass is 220 g/mol. The molecule has 0 aliphatic carbocycles. The number of hydrogen-bond donors (Lipinski definition) is 1. The third-order valence-corrected chi connectivity index (χ3v) is 3.90. The number of sulfonamides is 1. The van der Waals surface area contributed by atoms with E-state index < -0.39 is 10.0 Å². The van der Waals surface area contributed by atoms with Crippen LogP contribution in [-0.4, -0.2) is 43.8 Å². The van der Waals surface area contributed by atoms with Crippen molar-refractivity contribution in [2.45, 2.75) is 19.3 Å². The first-order chi connectivity index (χ1) is 6.54. The fraction of sp³-hybridized carbons (Fsp3) is 0.889. The summed E-state index contributed by atoms with van der Waals surface area (Å²) in [5.74, 6) is 0.472. The summed E-state index contributed by atoms with van der Waals surface area (Å²) in [7, 11) is -3.00. The Labute approximate surface area is 86.0 Å². The minimum atomic E-state index is -3.00. The molecule has 1 heterocycles. The summed E-state index contributed by atoms with van der Waals surface area (Å²) >= 11 is 0. The highest BCUT2D eigenvalue weighted by atomic mass is 32.2. The number of nitrogens with zero attached hydrogens (tertiary/aromatic N) is 1. The van der Waals surface area contributed by atoms with E-state index >= 15 is 0 Å². The molecule has 0 amide bonds. The Bertz CT molecular complexity index is 255. The maximum absolute atomic E-state index is 11.2. The number of piperidine rings is 1. The molecular formula is C9H18NO3S. The van der Waals surface area contributed by atoms with Gasteiger partial charge in [-0.15, -0.1) is 0 Å². The van der Waals surface area contributed by atoms with Crippen LogP contribution < -0.4 is 0 Å². The molecule has 4 nitrogen and oxygen atoms in total. The molecule has 83 valence electrons. The van der Waals surface area contributed by atoms with Gasteiger partial charge in [-0.1, -0.05) is 0 Å². The van der Waals surface area contributed by atoms with Crippen LogP contribution in [0.4, 0.5) is 0 Å². The van der Waals surface area contributed by atoms with Gasteiger partial charge in [0.1, 0.15) is 0 Å². The van der Waals surface area contributed by atoms with Crippen LogP contribution in [0.2, 0.25) is 0 Å². The lowest BCUT2D eigenvalue weighted by molar-refractivity contribution is 0.266. The summed E-state index contributed by atoms with van der Waals surface area (Å²) in [6.07, 6.45) is 5.83. The van der Waals surface area contributed by atoms with E-state index in [4.69, 9.17) is 5.11 Å². The van der Waals surface area contributed by atoms with Crippen molar-refractivity contribution in [3.8, 4) is 0 Å². The maximum atomic E-state index is 11.2. The molecule has 0 spiro atoms. The molecule has 0 atom stereocenters. The molecule has 1 aliphatic heterocycles. The lowest BCUT2D eigenvalue weighted by Crippen LogP contribution is -2.37. The van der Waals surface area contributed by atoms with Gasteiger partial charge in [0, 0.05) is 19.7 Å². The Morgan fingerprint density at radius 3 is 2.43 bits per heavy atom. The first-order valence-electron chi connectivity index (χ1n) is 4.93. The van der Waals surface area contributed by atoms with E-state index in [1.807, 2.05) is 0 Å². The second kappa shape index (κ2) is 5.09.